The molecule has 0 heterocycles. The van der Waals surface area contributed by atoms with E-state index in [9.17, 15) is 43.2 Å². The maximum Gasteiger partial charge on any atom is 0.472 e. The summed E-state index contributed by atoms with van der Waals surface area (Å²) < 4.78 is 68.5. The van der Waals surface area contributed by atoms with Gasteiger partial charge in [0.2, 0.25) is 0 Å². The molecule has 0 amide bonds. The predicted molar refractivity (Wildman–Crippen MR) is 418 cm³/mol. The number of carbonyl (C=O) groups is 4. The quantitative estimate of drug-likeness (QED) is 0.0169. The number of phosphoric acid groups is 2. The van der Waals surface area contributed by atoms with Gasteiger partial charge in [0.05, 0.1) is 26.4 Å². The Morgan fingerprint density at radius 2 is 0.520 bits per heavy atom. The molecule has 0 saturated heterocycles. The molecule has 102 heavy (non-hydrogen) atoms. The molecular formula is C83H142O17P2. The minimum Gasteiger partial charge on any atom is -0.462 e. The number of rotatable bonds is 74. The van der Waals surface area contributed by atoms with Crippen LogP contribution in [0, 0.1) is 0 Å². The fourth-order valence-corrected chi connectivity index (χ4v) is 11.9. The monoisotopic (exact) mass is 1470 g/mol. The summed E-state index contributed by atoms with van der Waals surface area (Å²) in [4.78, 5) is 73.0. The van der Waals surface area contributed by atoms with E-state index in [2.05, 4.69) is 149 Å². The summed E-state index contributed by atoms with van der Waals surface area (Å²) in [5, 5.41) is 10.6. The standard InChI is InChI=1S/C83H142O17P2/c1-5-9-13-17-21-25-29-32-35-37-38-40-43-45-49-52-56-60-64-68-81(86)94-74-79(100-83(88)70-66-62-58-54-50-46-41-34-31-27-23-19-15-11-7-3)76-98-102(91,92)96-72-77(84)71-95-101(89,90)97-75-78(99-82(87)69-65-61-57-53-47-28-24-20-16-12-8-4)73-93-80(85)67-63-59-55-51-48-44-42-39-36-33-30-26-22-18-14-10-6-2/h10-11,14-15,20-27,32-36,38,40-41,77-79,84H,5-9,12-13,16-19,28-31,37,39,42-76H2,1-4H3,(H,89,90)(H,91,92)/b14-10-,15-11-,24-20-,25-21-,26-22-,27-23-,35-32-,36-33-,40-38-,41-34-. The second kappa shape index (κ2) is 74.7. The maximum atomic E-state index is 13.1. The van der Waals surface area contributed by atoms with Gasteiger partial charge in [-0.1, -0.05) is 271 Å². The first-order chi connectivity index (χ1) is 49.7. The molecule has 0 aromatic rings. The number of ether oxygens (including phenoxy) is 4. The van der Waals surface area contributed by atoms with Crippen molar-refractivity contribution in [2.24, 2.45) is 0 Å². The van der Waals surface area contributed by atoms with Crippen LogP contribution >= 0.6 is 15.6 Å². The number of esters is 4. The molecule has 3 N–H and O–H groups in total. The number of hydrogen-bond donors (Lipinski definition) is 3. The van der Waals surface area contributed by atoms with E-state index in [1.807, 2.05) is 0 Å². The maximum absolute atomic E-state index is 13.1. The lowest BCUT2D eigenvalue weighted by Crippen LogP contribution is -2.30. The normalized spacial score (nSPS) is 14.5. The zero-order valence-electron chi connectivity index (χ0n) is 64.0. The van der Waals surface area contributed by atoms with Gasteiger partial charge < -0.3 is 33.8 Å². The summed E-state index contributed by atoms with van der Waals surface area (Å²) in [6, 6.07) is 0. The van der Waals surface area contributed by atoms with Gasteiger partial charge in [-0.25, -0.2) is 9.13 Å². The van der Waals surface area contributed by atoms with Gasteiger partial charge in [-0.2, -0.15) is 0 Å². The molecule has 0 saturated carbocycles. The van der Waals surface area contributed by atoms with Gasteiger partial charge in [0.25, 0.3) is 0 Å². The van der Waals surface area contributed by atoms with E-state index in [0.29, 0.717) is 25.7 Å². The van der Waals surface area contributed by atoms with E-state index in [0.717, 1.165) is 212 Å². The lowest BCUT2D eigenvalue weighted by Gasteiger charge is -2.21. The van der Waals surface area contributed by atoms with Crippen LogP contribution in [0.25, 0.3) is 0 Å². The number of hydrogen-bond acceptors (Lipinski definition) is 15. The fourth-order valence-electron chi connectivity index (χ4n) is 10.4. The van der Waals surface area contributed by atoms with E-state index in [4.69, 9.17) is 37.0 Å². The third kappa shape index (κ3) is 73.8. The van der Waals surface area contributed by atoms with Crippen LogP contribution in [0.5, 0.6) is 0 Å². The van der Waals surface area contributed by atoms with Crippen molar-refractivity contribution in [2.75, 3.05) is 39.6 Å². The third-order valence-corrected chi connectivity index (χ3v) is 18.3. The predicted octanol–water partition coefficient (Wildman–Crippen LogP) is 23.1. The van der Waals surface area contributed by atoms with E-state index in [-0.39, 0.29) is 25.7 Å². The van der Waals surface area contributed by atoms with Crippen LogP contribution in [-0.4, -0.2) is 96.7 Å². The summed E-state index contributed by atoms with van der Waals surface area (Å²) in [7, 11) is -9.97. The number of allylic oxidation sites excluding steroid dienone is 20. The van der Waals surface area contributed by atoms with Gasteiger partial charge in [-0.3, -0.25) is 37.3 Å². The van der Waals surface area contributed by atoms with Gasteiger partial charge in [0.1, 0.15) is 19.3 Å². The highest BCUT2D eigenvalue weighted by molar-refractivity contribution is 7.47. The van der Waals surface area contributed by atoms with Gasteiger partial charge in [-0.05, 0) is 148 Å². The van der Waals surface area contributed by atoms with Crippen molar-refractivity contribution < 1.29 is 80.2 Å². The topological polar surface area (TPSA) is 237 Å². The zero-order valence-corrected chi connectivity index (χ0v) is 65.8. The molecule has 0 radical (unpaired) electrons. The largest absolute Gasteiger partial charge is 0.472 e. The van der Waals surface area contributed by atoms with Crippen LogP contribution < -0.4 is 0 Å². The van der Waals surface area contributed by atoms with Crippen LogP contribution in [0.4, 0.5) is 0 Å². The number of aliphatic hydroxyl groups is 1. The van der Waals surface area contributed by atoms with Gasteiger partial charge in [-0.15, -0.1) is 0 Å². The molecule has 0 aromatic carbocycles. The Balaban J connectivity index is 5.34. The molecule has 0 spiro atoms. The lowest BCUT2D eigenvalue weighted by atomic mass is 10.1. The first-order valence-electron chi connectivity index (χ1n) is 39.8. The van der Waals surface area contributed by atoms with E-state index in [1.165, 1.54) is 32.1 Å². The summed E-state index contributed by atoms with van der Waals surface area (Å²) in [6.07, 6.45) is 81.8. The summed E-state index contributed by atoms with van der Waals surface area (Å²) in [6.45, 7) is 4.55. The van der Waals surface area contributed by atoms with E-state index < -0.39 is 97.5 Å². The molecule has 17 nitrogen and oxygen atoms in total. The molecule has 586 valence electrons. The summed E-state index contributed by atoms with van der Waals surface area (Å²) in [5.41, 5.74) is 0. The highest BCUT2D eigenvalue weighted by atomic mass is 31.2. The summed E-state index contributed by atoms with van der Waals surface area (Å²) in [5.74, 6) is -2.22. The molecule has 0 aliphatic heterocycles. The van der Waals surface area contributed by atoms with Crippen LogP contribution in [-0.2, 0) is 65.4 Å². The second-order valence-electron chi connectivity index (χ2n) is 26.2. The number of carbonyl (C=O) groups excluding carboxylic acids is 4. The molecular weight excluding hydrogens is 1330 g/mol. The van der Waals surface area contributed by atoms with Crippen molar-refractivity contribution >= 4 is 39.5 Å². The second-order valence-corrected chi connectivity index (χ2v) is 29.1. The Morgan fingerprint density at radius 3 is 0.824 bits per heavy atom. The molecule has 0 rings (SSSR count). The van der Waals surface area contributed by atoms with Crippen molar-refractivity contribution in [3.05, 3.63) is 122 Å². The van der Waals surface area contributed by atoms with E-state index >= 15 is 0 Å². The average molecular weight is 1470 g/mol. The molecule has 19 heteroatoms. The molecule has 0 aromatic heterocycles. The Kier molecular flexibility index (Phi) is 71.4. The Labute approximate surface area is 619 Å². The molecule has 0 fully saturated rings. The van der Waals surface area contributed by atoms with Crippen LogP contribution in [0.2, 0.25) is 0 Å². The Hall–Kier alpha value is -4.54. The first-order valence-corrected chi connectivity index (χ1v) is 42.8. The Morgan fingerprint density at radius 1 is 0.284 bits per heavy atom. The number of phosphoric ester groups is 2. The van der Waals surface area contributed by atoms with Gasteiger partial charge in [0.15, 0.2) is 12.2 Å². The van der Waals surface area contributed by atoms with E-state index in [1.54, 1.807) is 0 Å². The molecule has 0 aliphatic rings. The average Bonchev–Trinajstić information content (AvgIpc) is 0.926. The third-order valence-electron chi connectivity index (χ3n) is 16.4. The number of unbranched alkanes of at least 4 members (excludes halogenated alkanes) is 28. The zero-order chi connectivity index (χ0) is 74.6. The van der Waals surface area contributed by atoms with Gasteiger partial charge in [0, 0.05) is 25.7 Å². The van der Waals surface area contributed by atoms with Crippen LogP contribution in [0.15, 0.2) is 122 Å². The molecule has 0 aliphatic carbocycles. The van der Waals surface area contributed by atoms with Crippen molar-refractivity contribution in [3.8, 4) is 0 Å². The minimum absolute atomic E-state index is 0.0705. The lowest BCUT2D eigenvalue weighted by molar-refractivity contribution is -0.161. The summed E-state index contributed by atoms with van der Waals surface area (Å²) >= 11 is 0. The Bertz CT molecular complexity index is 2410. The van der Waals surface area contributed by atoms with Crippen molar-refractivity contribution in [2.45, 2.75) is 341 Å². The highest BCUT2D eigenvalue weighted by Crippen LogP contribution is 2.45. The molecule has 5 atom stereocenters. The van der Waals surface area contributed by atoms with Crippen molar-refractivity contribution in [3.63, 3.8) is 0 Å². The molecule has 0 bridgehead atoms. The van der Waals surface area contributed by atoms with Crippen molar-refractivity contribution in [1.29, 1.82) is 0 Å². The van der Waals surface area contributed by atoms with Crippen LogP contribution in [0.3, 0.4) is 0 Å². The first kappa shape index (κ1) is 97.5. The molecule has 5 unspecified atom stereocenters. The van der Waals surface area contributed by atoms with Gasteiger partial charge >= 0.3 is 39.5 Å². The number of aliphatic hydroxyl groups excluding tert-OH is 1. The van der Waals surface area contributed by atoms with Crippen LogP contribution in [0.1, 0.15) is 323 Å². The highest BCUT2D eigenvalue weighted by Gasteiger charge is 2.30. The van der Waals surface area contributed by atoms with Crippen molar-refractivity contribution in [1.82, 2.24) is 0 Å². The SMILES string of the molecule is CC/C=C\C/C=C\C/C=C\CCCCCCCCCC(=O)OCC(COP(=O)(O)OCC(O)COP(=O)(O)OCC(COC(=O)CCCCCCCC/C=C\C/C=C\C/C=C\CCCCC)OC(=O)CCCCCCC/C=C\C/C=C\C/C=C\CC)OC(=O)CCCCCCC/C=C\CCCC. The minimum atomic E-state index is -4.99. The smallest absolute Gasteiger partial charge is 0.462 e. The fraction of sp³-hybridized carbons (Fsp3) is 0.711.